The van der Waals surface area contributed by atoms with Gasteiger partial charge in [-0.3, -0.25) is 9.69 Å². The van der Waals surface area contributed by atoms with E-state index in [0.717, 1.165) is 44.9 Å². The van der Waals surface area contributed by atoms with Crippen molar-refractivity contribution < 1.29 is 9.59 Å². The summed E-state index contributed by atoms with van der Waals surface area (Å²) in [7, 11) is 0. The van der Waals surface area contributed by atoms with E-state index in [9.17, 15) is 9.59 Å². The Morgan fingerprint density at radius 3 is 2.56 bits per heavy atom. The standard InChI is InChI=1S/C14H24N2O2/c17-11-13-8-4-5-9-16(13)10-14(18)15-12-6-2-1-3-7-12/h11-13H,1-10H2,(H,15,18). The zero-order valence-electron chi connectivity index (χ0n) is 11.1. The van der Waals surface area contributed by atoms with Crippen LogP contribution in [0.15, 0.2) is 0 Å². The molecule has 2 fully saturated rings. The first kappa shape index (κ1) is 13.5. The van der Waals surface area contributed by atoms with Crippen LogP contribution in [0, 0.1) is 0 Å². The third-order valence-corrected chi connectivity index (χ3v) is 4.14. The van der Waals surface area contributed by atoms with E-state index in [1.807, 2.05) is 4.90 Å². The second-order valence-electron chi connectivity index (χ2n) is 5.57. The normalized spacial score (nSPS) is 26.8. The Morgan fingerprint density at radius 2 is 1.83 bits per heavy atom. The Bertz CT molecular complexity index is 288. The van der Waals surface area contributed by atoms with Gasteiger partial charge in [0.05, 0.1) is 12.6 Å². The molecule has 1 amide bonds. The van der Waals surface area contributed by atoms with Gasteiger partial charge in [0.2, 0.25) is 5.91 Å². The number of carbonyl (C=O) groups is 2. The molecule has 1 aliphatic heterocycles. The third-order valence-electron chi connectivity index (χ3n) is 4.14. The molecule has 1 aliphatic carbocycles. The first-order chi connectivity index (χ1) is 8.79. The molecule has 0 aromatic carbocycles. The maximum atomic E-state index is 12.0. The van der Waals surface area contributed by atoms with Crippen molar-refractivity contribution in [3.63, 3.8) is 0 Å². The molecule has 4 nitrogen and oxygen atoms in total. The van der Waals surface area contributed by atoms with Crippen molar-refractivity contribution in [3.8, 4) is 0 Å². The van der Waals surface area contributed by atoms with E-state index in [2.05, 4.69) is 5.32 Å². The number of aldehydes is 1. The molecule has 0 aromatic heterocycles. The van der Waals surface area contributed by atoms with E-state index >= 15 is 0 Å². The molecule has 18 heavy (non-hydrogen) atoms. The molecule has 1 saturated carbocycles. The summed E-state index contributed by atoms with van der Waals surface area (Å²) < 4.78 is 0. The molecule has 2 aliphatic rings. The van der Waals surface area contributed by atoms with Gasteiger partial charge in [0.15, 0.2) is 0 Å². The minimum absolute atomic E-state index is 0.0455. The van der Waals surface area contributed by atoms with Gasteiger partial charge >= 0.3 is 0 Å². The van der Waals surface area contributed by atoms with Crippen LogP contribution in [0.5, 0.6) is 0 Å². The van der Waals surface area contributed by atoms with E-state index < -0.39 is 0 Å². The van der Waals surface area contributed by atoms with Crippen LogP contribution in [-0.2, 0) is 9.59 Å². The second-order valence-corrected chi connectivity index (χ2v) is 5.57. The van der Waals surface area contributed by atoms with E-state index in [-0.39, 0.29) is 11.9 Å². The molecular weight excluding hydrogens is 228 g/mol. The van der Waals surface area contributed by atoms with Crippen molar-refractivity contribution in [2.75, 3.05) is 13.1 Å². The number of likely N-dealkylation sites (tertiary alicyclic amines) is 1. The predicted octanol–water partition coefficient (Wildman–Crippen LogP) is 1.49. The lowest BCUT2D eigenvalue weighted by Crippen LogP contribution is -2.48. The molecule has 2 rings (SSSR count). The van der Waals surface area contributed by atoms with Crippen LogP contribution < -0.4 is 5.32 Å². The Hall–Kier alpha value is -0.900. The molecule has 1 heterocycles. The van der Waals surface area contributed by atoms with Gasteiger partial charge in [-0.1, -0.05) is 25.7 Å². The van der Waals surface area contributed by atoms with Crippen LogP contribution in [-0.4, -0.2) is 42.3 Å². The van der Waals surface area contributed by atoms with Crippen LogP contribution >= 0.6 is 0 Å². The van der Waals surface area contributed by atoms with E-state index in [1.54, 1.807) is 0 Å². The van der Waals surface area contributed by atoms with Crippen LogP contribution in [0.3, 0.4) is 0 Å². The average Bonchev–Trinajstić information content (AvgIpc) is 2.40. The van der Waals surface area contributed by atoms with Crippen molar-refractivity contribution in [2.45, 2.75) is 63.5 Å². The van der Waals surface area contributed by atoms with Crippen molar-refractivity contribution in [1.29, 1.82) is 0 Å². The number of nitrogens with one attached hydrogen (secondary N) is 1. The van der Waals surface area contributed by atoms with E-state index in [4.69, 9.17) is 0 Å². The molecule has 1 saturated heterocycles. The summed E-state index contributed by atoms with van der Waals surface area (Å²) in [6.45, 7) is 1.27. The largest absolute Gasteiger partial charge is 0.352 e. The zero-order chi connectivity index (χ0) is 12.8. The number of nitrogens with zero attached hydrogens (tertiary/aromatic N) is 1. The highest BCUT2D eigenvalue weighted by Crippen LogP contribution is 2.18. The smallest absolute Gasteiger partial charge is 0.234 e. The monoisotopic (exact) mass is 252 g/mol. The first-order valence-electron chi connectivity index (χ1n) is 7.28. The lowest BCUT2D eigenvalue weighted by atomic mass is 9.95. The molecule has 0 radical (unpaired) electrons. The predicted molar refractivity (Wildman–Crippen MR) is 70.3 cm³/mol. The highest BCUT2D eigenvalue weighted by molar-refractivity contribution is 5.79. The van der Waals surface area contributed by atoms with Crippen LogP contribution in [0.1, 0.15) is 51.4 Å². The van der Waals surface area contributed by atoms with Crippen LogP contribution in [0.4, 0.5) is 0 Å². The van der Waals surface area contributed by atoms with Gasteiger partial charge in [-0.15, -0.1) is 0 Å². The number of rotatable bonds is 4. The van der Waals surface area contributed by atoms with Gasteiger partial charge in [-0.25, -0.2) is 0 Å². The summed E-state index contributed by atoms with van der Waals surface area (Å²) in [5, 5.41) is 3.11. The first-order valence-corrected chi connectivity index (χ1v) is 7.28. The summed E-state index contributed by atoms with van der Waals surface area (Å²) in [6.07, 6.45) is 10.1. The minimum atomic E-state index is -0.0455. The van der Waals surface area contributed by atoms with Gasteiger partial charge in [0.25, 0.3) is 0 Å². The zero-order valence-corrected chi connectivity index (χ0v) is 11.1. The minimum Gasteiger partial charge on any atom is -0.352 e. The molecule has 1 N–H and O–H groups in total. The molecule has 1 unspecified atom stereocenters. The fourth-order valence-electron chi connectivity index (χ4n) is 3.07. The molecule has 1 atom stereocenters. The van der Waals surface area contributed by atoms with Crippen LogP contribution in [0.25, 0.3) is 0 Å². The Morgan fingerprint density at radius 1 is 1.11 bits per heavy atom. The highest BCUT2D eigenvalue weighted by Gasteiger charge is 2.24. The van der Waals surface area contributed by atoms with Crippen molar-refractivity contribution in [3.05, 3.63) is 0 Å². The third kappa shape index (κ3) is 3.80. The number of hydrogen-bond donors (Lipinski definition) is 1. The average molecular weight is 252 g/mol. The molecule has 0 spiro atoms. The molecular formula is C14H24N2O2. The molecule has 102 valence electrons. The summed E-state index contributed by atoms with van der Waals surface area (Å²) in [5.74, 6) is 0.0932. The SMILES string of the molecule is O=CC1CCCCN1CC(=O)NC1CCCCC1. The van der Waals surface area contributed by atoms with Gasteiger partial charge in [-0.2, -0.15) is 0 Å². The number of carbonyl (C=O) groups excluding carboxylic acids is 2. The maximum absolute atomic E-state index is 12.0. The van der Waals surface area contributed by atoms with Gasteiger partial charge < -0.3 is 10.1 Å². The molecule has 0 aromatic rings. The quantitative estimate of drug-likeness (QED) is 0.771. The lowest BCUT2D eigenvalue weighted by molar-refractivity contribution is -0.125. The highest BCUT2D eigenvalue weighted by atomic mass is 16.2. The fourth-order valence-corrected chi connectivity index (χ4v) is 3.07. The van der Waals surface area contributed by atoms with Crippen molar-refractivity contribution in [2.24, 2.45) is 0 Å². The summed E-state index contributed by atoms with van der Waals surface area (Å²) in [4.78, 5) is 25.0. The lowest BCUT2D eigenvalue weighted by Gasteiger charge is -2.32. The van der Waals surface area contributed by atoms with Crippen LogP contribution in [0.2, 0.25) is 0 Å². The van der Waals surface area contributed by atoms with Crippen molar-refractivity contribution >= 4 is 12.2 Å². The van der Waals surface area contributed by atoms with Gasteiger partial charge in [0, 0.05) is 6.04 Å². The number of hydrogen-bond acceptors (Lipinski definition) is 3. The maximum Gasteiger partial charge on any atom is 0.234 e. The summed E-state index contributed by atoms with van der Waals surface area (Å²) in [5.41, 5.74) is 0. The van der Waals surface area contributed by atoms with E-state index in [0.29, 0.717) is 12.6 Å². The number of piperidine rings is 1. The summed E-state index contributed by atoms with van der Waals surface area (Å²) in [6, 6.07) is 0.321. The Labute approximate surface area is 109 Å². The van der Waals surface area contributed by atoms with E-state index in [1.165, 1.54) is 19.3 Å². The Balaban J connectivity index is 1.76. The second kappa shape index (κ2) is 6.88. The van der Waals surface area contributed by atoms with Crippen molar-refractivity contribution in [1.82, 2.24) is 10.2 Å². The molecule has 0 bridgehead atoms. The fraction of sp³-hybridized carbons (Fsp3) is 0.857. The topological polar surface area (TPSA) is 49.4 Å². The Kier molecular flexibility index (Phi) is 5.17. The molecule has 4 heteroatoms. The number of amides is 1. The van der Waals surface area contributed by atoms with Gasteiger partial charge in [0.1, 0.15) is 6.29 Å². The van der Waals surface area contributed by atoms with Gasteiger partial charge in [-0.05, 0) is 32.2 Å². The summed E-state index contributed by atoms with van der Waals surface area (Å²) >= 11 is 0.